The van der Waals surface area contributed by atoms with Crippen LogP contribution in [0.5, 0.6) is 5.88 Å². The second kappa shape index (κ2) is 5.69. The highest BCUT2D eigenvalue weighted by Gasteiger charge is 2.41. The standard InChI is InChI=1S/C13H18N2O3S/c1-17-11-9(12(16)18-2)4-5-10(15-11)14-8-13(19-3)6-7-13/h4-5H,6-8H2,1-3H3,(H,14,15). The molecular formula is C13H18N2O3S. The number of thioether (sulfide) groups is 1. The zero-order valence-electron chi connectivity index (χ0n) is 11.4. The average Bonchev–Trinajstić information content (AvgIpc) is 3.24. The van der Waals surface area contributed by atoms with Gasteiger partial charge in [0, 0.05) is 11.3 Å². The fraction of sp³-hybridized carbons (Fsp3) is 0.538. The van der Waals surface area contributed by atoms with Crippen LogP contribution in [0, 0.1) is 0 Å². The van der Waals surface area contributed by atoms with Crippen molar-refractivity contribution in [2.24, 2.45) is 0 Å². The number of pyridine rings is 1. The van der Waals surface area contributed by atoms with Crippen molar-refractivity contribution < 1.29 is 14.3 Å². The second-order valence-electron chi connectivity index (χ2n) is 4.49. The number of nitrogens with one attached hydrogen (secondary N) is 1. The van der Waals surface area contributed by atoms with E-state index in [9.17, 15) is 4.79 Å². The van der Waals surface area contributed by atoms with Crippen LogP contribution in [0.15, 0.2) is 12.1 Å². The van der Waals surface area contributed by atoms with Gasteiger partial charge in [0.05, 0.1) is 14.2 Å². The molecule has 0 radical (unpaired) electrons. The Bertz CT molecular complexity index is 475. The third-order valence-corrected chi connectivity index (χ3v) is 4.71. The Labute approximate surface area is 117 Å². The van der Waals surface area contributed by atoms with Crippen molar-refractivity contribution in [1.29, 1.82) is 0 Å². The van der Waals surface area contributed by atoms with Crippen LogP contribution >= 0.6 is 11.8 Å². The van der Waals surface area contributed by atoms with Gasteiger partial charge in [-0.25, -0.2) is 4.79 Å². The van der Waals surface area contributed by atoms with Crippen molar-refractivity contribution in [3.63, 3.8) is 0 Å². The van der Waals surface area contributed by atoms with E-state index in [4.69, 9.17) is 4.74 Å². The highest BCUT2D eigenvalue weighted by Crippen LogP contribution is 2.47. The number of anilines is 1. The summed E-state index contributed by atoms with van der Waals surface area (Å²) in [7, 11) is 2.83. The number of aromatic nitrogens is 1. The number of rotatable bonds is 6. The number of methoxy groups -OCH3 is 2. The maximum absolute atomic E-state index is 11.5. The summed E-state index contributed by atoms with van der Waals surface area (Å²) in [5.41, 5.74) is 0.335. The lowest BCUT2D eigenvalue weighted by Gasteiger charge is -2.14. The van der Waals surface area contributed by atoms with Gasteiger partial charge in [-0.15, -0.1) is 0 Å². The van der Waals surface area contributed by atoms with Crippen LogP contribution in [-0.4, -0.2) is 42.7 Å². The van der Waals surface area contributed by atoms with Crippen molar-refractivity contribution >= 4 is 23.5 Å². The van der Waals surface area contributed by atoms with Crippen molar-refractivity contribution in [1.82, 2.24) is 4.98 Å². The Morgan fingerprint density at radius 3 is 2.74 bits per heavy atom. The van der Waals surface area contributed by atoms with Crippen LogP contribution < -0.4 is 10.1 Å². The van der Waals surface area contributed by atoms with E-state index >= 15 is 0 Å². The van der Waals surface area contributed by atoms with Gasteiger partial charge in [0.1, 0.15) is 11.4 Å². The normalized spacial score (nSPS) is 15.7. The number of carbonyl (C=O) groups is 1. The van der Waals surface area contributed by atoms with Crippen molar-refractivity contribution in [3.05, 3.63) is 17.7 Å². The number of ether oxygens (including phenoxy) is 2. The van der Waals surface area contributed by atoms with Crippen molar-refractivity contribution in [2.45, 2.75) is 17.6 Å². The molecule has 1 saturated carbocycles. The van der Waals surface area contributed by atoms with Crippen LogP contribution in [0.3, 0.4) is 0 Å². The molecule has 19 heavy (non-hydrogen) atoms. The predicted octanol–water partition coefficient (Wildman–Crippen LogP) is 2.18. The molecule has 2 rings (SSSR count). The molecular weight excluding hydrogens is 264 g/mol. The minimum atomic E-state index is -0.446. The molecule has 0 bridgehead atoms. The molecule has 0 aromatic carbocycles. The molecule has 0 spiro atoms. The van der Waals surface area contributed by atoms with Crippen LogP contribution in [0.4, 0.5) is 5.82 Å². The zero-order chi connectivity index (χ0) is 13.9. The fourth-order valence-electron chi connectivity index (χ4n) is 1.80. The highest BCUT2D eigenvalue weighted by molar-refractivity contribution is 8.00. The fourth-order valence-corrected chi connectivity index (χ4v) is 2.53. The van der Waals surface area contributed by atoms with E-state index < -0.39 is 5.97 Å². The van der Waals surface area contributed by atoms with Gasteiger partial charge >= 0.3 is 5.97 Å². The number of nitrogens with zero attached hydrogens (tertiary/aromatic N) is 1. The second-order valence-corrected chi connectivity index (χ2v) is 5.76. The summed E-state index contributed by atoms with van der Waals surface area (Å²) in [4.78, 5) is 15.8. The lowest BCUT2D eigenvalue weighted by molar-refractivity contribution is 0.0596. The summed E-state index contributed by atoms with van der Waals surface area (Å²) >= 11 is 1.88. The lowest BCUT2D eigenvalue weighted by Crippen LogP contribution is -2.18. The summed E-state index contributed by atoms with van der Waals surface area (Å²) in [5.74, 6) is 0.550. The molecule has 1 aliphatic carbocycles. The average molecular weight is 282 g/mol. The molecule has 1 N–H and O–H groups in total. The third kappa shape index (κ3) is 3.12. The lowest BCUT2D eigenvalue weighted by atomic mass is 10.2. The van der Waals surface area contributed by atoms with Crippen molar-refractivity contribution in [3.8, 4) is 5.88 Å². The maximum Gasteiger partial charge on any atom is 0.343 e. The Morgan fingerprint density at radius 2 is 2.21 bits per heavy atom. The van der Waals surface area contributed by atoms with Gasteiger partial charge in [0.2, 0.25) is 5.88 Å². The molecule has 5 nitrogen and oxygen atoms in total. The van der Waals surface area contributed by atoms with Crippen molar-refractivity contribution in [2.75, 3.05) is 32.3 Å². The topological polar surface area (TPSA) is 60.5 Å². The Kier molecular flexibility index (Phi) is 4.19. The first-order valence-corrected chi connectivity index (χ1v) is 7.29. The number of hydrogen-bond acceptors (Lipinski definition) is 6. The quantitative estimate of drug-likeness (QED) is 0.807. The molecule has 1 aromatic heterocycles. The van der Waals surface area contributed by atoms with Gasteiger partial charge in [-0.1, -0.05) is 0 Å². The molecule has 0 saturated heterocycles. The van der Waals surface area contributed by atoms with E-state index in [-0.39, 0.29) is 5.88 Å². The summed E-state index contributed by atoms with van der Waals surface area (Å²) in [6.07, 6.45) is 4.60. The van der Waals surface area contributed by atoms with E-state index in [2.05, 4.69) is 21.3 Å². The number of carbonyl (C=O) groups excluding carboxylic acids is 1. The number of esters is 1. The van der Waals surface area contributed by atoms with Gasteiger partial charge < -0.3 is 14.8 Å². The van der Waals surface area contributed by atoms with Crippen LogP contribution in [0.25, 0.3) is 0 Å². The molecule has 1 aliphatic rings. The van der Waals surface area contributed by atoms with Crippen LogP contribution in [0.2, 0.25) is 0 Å². The molecule has 1 fully saturated rings. The molecule has 1 heterocycles. The van der Waals surface area contributed by atoms with Gasteiger partial charge in [-0.3, -0.25) is 0 Å². The van der Waals surface area contributed by atoms with Gasteiger partial charge in [0.15, 0.2) is 0 Å². The third-order valence-electron chi connectivity index (χ3n) is 3.29. The van der Waals surface area contributed by atoms with E-state index in [1.807, 2.05) is 11.8 Å². The monoisotopic (exact) mass is 282 g/mol. The molecule has 0 atom stereocenters. The Hall–Kier alpha value is -1.43. The van der Waals surface area contributed by atoms with E-state index in [1.165, 1.54) is 27.1 Å². The largest absolute Gasteiger partial charge is 0.480 e. The minimum Gasteiger partial charge on any atom is -0.480 e. The first-order chi connectivity index (χ1) is 9.14. The van der Waals surface area contributed by atoms with Crippen LogP contribution in [0.1, 0.15) is 23.2 Å². The molecule has 0 amide bonds. The highest BCUT2D eigenvalue weighted by atomic mass is 32.2. The van der Waals surface area contributed by atoms with Gasteiger partial charge in [-0.05, 0) is 31.2 Å². The SMILES string of the molecule is COC(=O)c1ccc(NCC2(SC)CC2)nc1OC. The Morgan fingerprint density at radius 1 is 1.47 bits per heavy atom. The zero-order valence-corrected chi connectivity index (χ0v) is 12.2. The molecule has 6 heteroatoms. The summed E-state index contributed by atoms with van der Waals surface area (Å²) in [5, 5.41) is 3.29. The van der Waals surface area contributed by atoms with Gasteiger partial charge in [-0.2, -0.15) is 16.7 Å². The Balaban J connectivity index is 2.08. The first-order valence-electron chi connectivity index (χ1n) is 6.06. The summed E-state index contributed by atoms with van der Waals surface area (Å²) in [6.45, 7) is 0.877. The minimum absolute atomic E-state index is 0.283. The van der Waals surface area contributed by atoms with E-state index in [1.54, 1.807) is 12.1 Å². The maximum atomic E-state index is 11.5. The van der Waals surface area contributed by atoms with Crippen LogP contribution in [-0.2, 0) is 4.74 Å². The number of hydrogen-bond donors (Lipinski definition) is 1. The molecule has 1 aromatic rings. The van der Waals surface area contributed by atoms with Gasteiger partial charge in [0.25, 0.3) is 0 Å². The summed E-state index contributed by atoms with van der Waals surface area (Å²) < 4.78 is 10.2. The van der Waals surface area contributed by atoms with E-state index in [0.29, 0.717) is 16.1 Å². The smallest absolute Gasteiger partial charge is 0.343 e. The first kappa shape index (κ1) is 14.0. The van der Waals surface area contributed by atoms with E-state index in [0.717, 1.165) is 6.54 Å². The molecule has 104 valence electrons. The molecule has 0 aliphatic heterocycles. The predicted molar refractivity (Wildman–Crippen MR) is 76.1 cm³/mol. The molecule has 0 unspecified atom stereocenters. The summed E-state index contributed by atoms with van der Waals surface area (Å²) in [6, 6.07) is 3.43.